The molecular formula is C11H4F3N3O3. The second-order valence-electron chi connectivity index (χ2n) is 3.64. The molecule has 2 aromatic rings. The van der Waals surface area contributed by atoms with Gasteiger partial charge in [-0.15, -0.1) is 0 Å². The van der Waals surface area contributed by atoms with Gasteiger partial charge in [-0.3, -0.25) is 0 Å². The number of benzene rings is 1. The summed E-state index contributed by atoms with van der Waals surface area (Å²) in [5.74, 6) is -3.33. The number of aromatic carboxylic acids is 1. The predicted octanol–water partition coefficient (Wildman–Crippen LogP) is 2.33. The van der Waals surface area contributed by atoms with E-state index in [-0.39, 0.29) is 16.7 Å². The van der Waals surface area contributed by atoms with Crippen molar-refractivity contribution >= 4 is 5.97 Å². The van der Waals surface area contributed by atoms with Crippen LogP contribution in [0.25, 0.3) is 11.4 Å². The molecule has 0 saturated carbocycles. The van der Waals surface area contributed by atoms with Gasteiger partial charge in [-0.2, -0.15) is 23.4 Å². The van der Waals surface area contributed by atoms with Gasteiger partial charge in [0, 0.05) is 5.56 Å². The molecule has 1 aromatic carbocycles. The second kappa shape index (κ2) is 4.65. The molecule has 0 radical (unpaired) electrons. The molecule has 9 heteroatoms. The minimum atomic E-state index is -4.80. The van der Waals surface area contributed by atoms with Gasteiger partial charge in [-0.25, -0.2) is 4.79 Å². The molecule has 2 rings (SSSR count). The van der Waals surface area contributed by atoms with Crippen LogP contribution in [0.1, 0.15) is 21.8 Å². The molecule has 20 heavy (non-hydrogen) atoms. The Hall–Kier alpha value is -2.89. The van der Waals surface area contributed by atoms with Crippen LogP contribution < -0.4 is 0 Å². The lowest BCUT2D eigenvalue weighted by Gasteiger charge is -1.99. The smallest absolute Gasteiger partial charge is 0.471 e. The molecule has 1 aromatic heterocycles. The van der Waals surface area contributed by atoms with E-state index >= 15 is 0 Å². The summed E-state index contributed by atoms with van der Waals surface area (Å²) >= 11 is 0. The molecule has 0 aliphatic carbocycles. The van der Waals surface area contributed by atoms with Gasteiger partial charge in [0.25, 0.3) is 0 Å². The van der Waals surface area contributed by atoms with Gasteiger partial charge in [0.15, 0.2) is 0 Å². The first-order chi connectivity index (χ1) is 9.31. The fourth-order valence-corrected chi connectivity index (χ4v) is 1.40. The van der Waals surface area contributed by atoms with Crippen LogP contribution >= 0.6 is 0 Å². The van der Waals surface area contributed by atoms with Crippen LogP contribution in [0, 0.1) is 11.3 Å². The highest BCUT2D eigenvalue weighted by Crippen LogP contribution is 2.29. The molecule has 1 heterocycles. The molecule has 0 aliphatic heterocycles. The number of nitrogens with zero attached hydrogens (tertiary/aromatic N) is 3. The zero-order valence-corrected chi connectivity index (χ0v) is 9.47. The van der Waals surface area contributed by atoms with Crippen LogP contribution in [-0.2, 0) is 6.18 Å². The molecule has 0 spiro atoms. The van der Waals surface area contributed by atoms with Gasteiger partial charge >= 0.3 is 18.0 Å². The number of nitriles is 1. The number of aromatic nitrogens is 2. The van der Waals surface area contributed by atoms with Gasteiger partial charge in [0.2, 0.25) is 5.82 Å². The molecule has 0 atom stereocenters. The zero-order chi connectivity index (χ0) is 14.9. The SMILES string of the molecule is N#Cc1cc(C(=O)O)cc(-c2noc(C(F)(F)F)n2)c1. The lowest BCUT2D eigenvalue weighted by atomic mass is 10.1. The highest BCUT2D eigenvalue weighted by atomic mass is 19.4. The van der Waals surface area contributed by atoms with Gasteiger partial charge in [0.1, 0.15) is 0 Å². The number of carbonyl (C=O) groups is 1. The van der Waals surface area contributed by atoms with E-state index < -0.39 is 23.9 Å². The highest BCUT2D eigenvalue weighted by molar-refractivity contribution is 5.89. The Kier molecular flexibility index (Phi) is 3.15. The van der Waals surface area contributed by atoms with Gasteiger partial charge < -0.3 is 9.63 Å². The fraction of sp³-hybridized carbons (Fsp3) is 0.0909. The minimum absolute atomic E-state index is 0.0433. The van der Waals surface area contributed by atoms with E-state index in [9.17, 15) is 18.0 Å². The quantitative estimate of drug-likeness (QED) is 0.907. The third-order valence-electron chi connectivity index (χ3n) is 2.24. The van der Waals surface area contributed by atoms with E-state index in [1.165, 1.54) is 0 Å². The maximum absolute atomic E-state index is 12.3. The van der Waals surface area contributed by atoms with E-state index in [4.69, 9.17) is 10.4 Å². The molecule has 1 N–H and O–H groups in total. The van der Waals surface area contributed by atoms with Crippen molar-refractivity contribution in [1.82, 2.24) is 10.1 Å². The first-order valence-electron chi connectivity index (χ1n) is 5.01. The van der Waals surface area contributed by atoms with E-state index in [1.54, 1.807) is 6.07 Å². The Morgan fingerprint density at radius 3 is 2.55 bits per heavy atom. The van der Waals surface area contributed by atoms with E-state index in [2.05, 4.69) is 14.7 Å². The second-order valence-corrected chi connectivity index (χ2v) is 3.64. The van der Waals surface area contributed by atoms with Crippen LogP contribution in [0.3, 0.4) is 0 Å². The summed E-state index contributed by atoms with van der Waals surface area (Å²) < 4.78 is 41.0. The molecule has 6 nitrogen and oxygen atoms in total. The molecule has 0 unspecified atom stereocenters. The van der Waals surface area contributed by atoms with E-state index in [0.717, 1.165) is 18.2 Å². The molecule has 0 saturated heterocycles. The Morgan fingerprint density at radius 1 is 1.35 bits per heavy atom. The number of alkyl halides is 3. The molecule has 0 amide bonds. The molecule has 102 valence electrons. The highest BCUT2D eigenvalue weighted by Gasteiger charge is 2.38. The molecule has 0 bridgehead atoms. The number of hydrogen-bond donors (Lipinski definition) is 1. The van der Waals surface area contributed by atoms with Crippen molar-refractivity contribution in [1.29, 1.82) is 5.26 Å². The summed E-state index contributed by atoms with van der Waals surface area (Å²) in [5, 5.41) is 20.7. The first-order valence-corrected chi connectivity index (χ1v) is 5.01. The van der Waals surface area contributed by atoms with Crippen molar-refractivity contribution in [2.75, 3.05) is 0 Å². The number of rotatable bonds is 2. The number of hydrogen-bond acceptors (Lipinski definition) is 5. The van der Waals surface area contributed by atoms with Crippen molar-refractivity contribution in [2.24, 2.45) is 0 Å². The minimum Gasteiger partial charge on any atom is -0.478 e. The molecule has 0 fully saturated rings. The lowest BCUT2D eigenvalue weighted by Crippen LogP contribution is -2.05. The number of carboxylic acid groups (broad SMARTS) is 1. The summed E-state index contributed by atoms with van der Waals surface area (Å²) in [5.41, 5.74) is -0.364. The van der Waals surface area contributed by atoms with E-state index in [1.807, 2.05) is 0 Å². The Bertz CT molecular complexity index is 716. The normalized spacial score (nSPS) is 11.1. The largest absolute Gasteiger partial charge is 0.478 e. The summed E-state index contributed by atoms with van der Waals surface area (Å²) in [6.07, 6.45) is -4.80. The summed E-state index contributed by atoms with van der Waals surface area (Å²) in [6.45, 7) is 0. The van der Waals surface area contributed by atoms with Gasteiger partial charge in [0.05, 0.1) is 17.2 Å². The summed E-state index contributed by atoms with van der Waals surface area (Å²) in [7, 11) is 0. The van der Waals surface area contributed by atoms with Crippen molar-refractivity contribution in [3.05, 3.63) is 35.2 Å². The van der Waals surface area contributed by atoms with Crippen LogP contribution in [0.5, 0.6) is 0 Å². The maximum Gasteiger partial charge on any atom is 0.471 e. The van der Waals surface area contributed by atoms with Crippen LogP contribution in [0.2, 0.25) is 0 Å². The summed E-state index contributed by atoms with van der Waals surface area (Å²) in [4.78, 5) is 14.0. The van der Waals surface area contributed by atoms with Crippen LogP contribution in [-0.4, -0.2) is 21.2 Å². The molecule has 0 aliphatic rings. The van der Waals surface area contributed by atoms with Crippen molar-refractivity contribution in [2.45, 2.75) is 6.18 Å². The Morgan fingerprint density at radius 2 is 2.05 bits per heavy atom. The average Bonchev–Trinajstić information content (AvgIpc) is 2.87. The topological polar surface area (TPSA) is 100 Å². The first kappa shape index (κ1) is 13.5. The van der Waals surface area contributed by atoms with Gasteiger partial charge in [-0.1, -0.05) is 5.16 Å². The third-order valence-corrected chi connectivity index (χ3v) is 2.24. The van der Waals surface area contributed by atoms with Crippen molar-refractivity contribution in [3.8, 4) is 17.5 Å². The van der Waals surface area contributed by atoms with E-state index in [0.29, 0.717) is 0 Å². The zero-order valence-electron chi connectivity index (χ0n) is 9.47. The third kappa shape index (κ3) is 2.59. The summed E-state index contributed by atoms with van der Waals surface area (Å²) in [6, 6.07) is 4.99. The maximum atomic E-state index is 12.3. The Labute approximate surface area is 109 Å². The Balaban J connectivity index is 2.53. The predicted molar refractivity (Wildman–Crippen MR) is 56.4 cm³/mol. The van der Waals surface area contributed by atoms with Crippen molar-refractivity contribution in [3.63, 3.8) is 0 Å². The van der Waals surface area contributed by atoms with Crippen LogP contribution in [0.4, 0.5) is 13.2 Å². The van der Waals surface area contributed by atoms with Gasteiger partial charge in [-0.05, 0) is 18.2 Å². The van der Waals surface area contributed by atoms with Crippen LogP contribution in [0.15, 0.2) is 22.7 Å². The molecular weight excluding hydrogens is 279 g/mol. The monoisotopic (exact) mass is 283 g/mol. The van der Waals surface area contributed by atoms with Crippen molar-refractivity contribution < 1.29 is 27.6 Å². The number of halogens is 3. The standard InChI is InChI=1S/C11H4F3N3O3/c12-11(13,14)10-16-8(17-20-10)6-1-5(4-15)2-7(3-6)9(18)19/h1-3H,(H,18,19). The average molecular weight is 283 g/mol. The fourth-order valence-electron chi connectivity index (χ4n) is 1.40. The lowest BCUT2D eigenvalue weighted by molar-refractivity contribution is -0.159. The number of carboxylic acids is 1.